The molecule has 0 aliphatic carbocycles. The van der Waals surface area contributed by atoms with Crippen LogP contribution < -0.4 is 10.6 Å². The molecule has 0 saturated heterocycles. The molecular formula is C13H26N2O2. The van der Waals surface area contributed by atoms with Crippen molar-refractivity contribution in [1.29, 1.82) is 0 Å². The van der Waals surface area contributed by atoms with E-state index in [1.165, 1.54) is 6.92 Å². The fourth-order valence-electron chi connectivity index (χ4n) is 1.72. The summed E-state index contributed by atoms with van der Waals surface area (Å²) in [6.07, 6.45) is 3.31. The number of Topliss-reactive ketones (excluding diaryl/α,β-unsaturated/α-hetero) is 1. The average molecular weight is 242 g/mol. The molecule has 0 aliphatic rings. The molecule has 0 spiro atoms. The summed E-state index contributed by atoms with van der Waals surface area (Å²) in [5.74, 6) is 0.282. The highest BCUT2D eigenvalue weighted by molar-refractivity contribution is 5.83. The van der Waals surface area contributed by atoms with Gasteiger partial charge in [0, 0.05) is 25.9 Å². The number of ketones is 1. The molecule has 1 amide bonds. The van der Waals surface area contributed by atoms with Crippen LogP contribution in [0.4, 0.5) is 0 Å². The van der Waals surface area contributed by atoms with Crippen LogP contribution in [0, 0.1) is 0 Å². The third-order valence-electron chi connectivity index (χ3n) is 2.57. The van der Waals surface area contributed by atoms with E-state index in [1.54, 1.807) is 0 Å². The maximum absolute atomic E-state index is 11.7. The smallest absolute Gasteiger partial charge is 0.216 e. The molecule has 0 aromatic heterocycles. The van der Waals surface area contributed by atoms with E-state index >= 15 is 0 Å². The van der Waals surface area contributed by atoms with E-state index in [0.717, 1.165) is 19.3 Å². The van der Waals surface area contributed by atoms with Gasteiger partial charge in [-0.2, -0.15) is 0 Å². The molecule has 0 radical (unpaired) electrons. The summed E-state index contributed by atoms with van der Waals surface area (Å²) in [6.45, 7) is 8.21. The van der Waals surface area contributed by atoms with Crippen molar-refractivity contribution in [2.24, 2.45) is 0 Å². The van der Waals surface area contributed by atoms with Gasteiger partial charge in [-0.25, -0.2) is 0 Å². The van der Waals surface area contributed by atoms with Crippen LogP contribution in [0.25, 0.3) is 0 Å². The van der Waals surface area contributed by atoms with Gasteiger partial charge < -0.3 is 10.6 Å². The van der Waals surface area contributed by atoms with Crippen LogP contribution in [0.3, 0.4) is 0 Å². The number of rotatable bonds is 9. The molecule has 2 N–H and O–H groups in total. The van der Waals surface area contributed by atoms with Crippen LogP contribution in [-0.4, -0.2) is 30.3 Å². The van der Waals surface area contributed by atoms with E-state index in [4.69, 9.17) is 0 Å². The number of hydrogen-bond donors (Lipinski definition) is 2. The Hall–Kier alpha value is -0.900. The molecule has 4 nitrogen and oxygen atoms in total. The number of amides is 1. The van der Waals surface area contributed by atoms with Crippen molar-refractivity contribution in [1.82, 2.24) is 10.6 Å². The summed E-state index contributed by atoms with van der Waals surface area (Å²) in [4.78, 5) is 22.4. The number of hydrogen-bond acceptors (Lipinski definition) is 3. The van der Waals surface area contributed by atoms with Crippen LogP contribution in [0.15, 0.2) is 0 Å². The summed E-state index contributed by atoms with van der Waals surface area (Å²) in [6, 6.07) is 0.295. The predicted octanol–water partition coefficient (Wildman–Crippen LogP) is 1.64. The summed E-state index contributed by atoms with van der Waals surface area (Å²) in [7, 11) is 0. The van der Waals surface area contributed by atoms with Crippen molar-refractivity contribution in [2.75, 3.05) is 6.54 Å². The summed E-state index contributed by atoms with van der Waals surface area (Å²) in [5, 5.41) is 6.05. The van der Waals surface area contributed by atoms with Gasteiger partial charge in [0.15, 0.2) is 0 Å². The van der Waals surface area contributed by atoms with Crippen molar-refractivity contribution in [3.05, 3.63) is 0 Å². The quantitative estimate of drug-likeness (QED) is 0.604. The molecule has 1 atom stereocenters. The lowest BCUT2D eigenvalue weighted by atomic mass is 10.0. The molecule has 0 rings (SSSR count). The molecule has 0 fully saturated rings. The van der Waals surface area contributed by atoms with Gasteiger partial charge in [0.1, 0.15) is 5.78 Å². The first-order valence-corrected chi connectivity index (χ1v) is 6.50. The largest absolute Gasteiger partial charge is 0.356 e. The van der Waals surface area contributed by atoms with Crippen molar-refractivity contribution < 1.29 is 9.59 Å². The Balaban J connectivity index is 3.83. The zero-order chi connectivity index (χ0) is 13.3. The number of carbonyl (C=O) groups excluding carboxylic acids is 2. The minimum atomic E-state index is -0.0303. The lowest BCUT2D eigenvalue weighted by Gasteiger charge is -2.19. The molecule has 0 unspecified atom stereocenters. The van der Waals surface area contributed by atoms with Crippen LogP contribution in [0.5, 0.6) is 0 Å². The first-order valence-electron chi connectivity index (χ1n) is 6.50. The third kappa shape index (κ3) is 8.86. The fraction of sp³-hybridized carbons (Fsp3) is 0.846. The summed E-state index contributed by atoms with van der Waals surface area (Å²) >= 11 is 0. The first kappa shape index (κ1) is 16.1. The molecular weight excluding hydrogens is 216 g/mol. The fourth-order valence-corrected chi connectivity index (χ4v) is 1.72. The second kappa shape index (κ2) is 9.16. The Labute approximate surface area is 105 Å². The van der Waals surface area contributed by atoms with E-state index in [-0.39, 0.29) is 17.7 Å². The number of unbranched alkanes of at least 4 members (excludes halogenated alkanes) is 1. The normalized spacial score (nSPS) is 12.5. The Morgan fingerprint density at radius 1 is 1.18 bits per heavy atom. The lowest BCUT2D eigenvalue weighted by Crippen LogP contribution is -2.40. The van der Waals surface area contributed by atoms with Crippen molar-refractivity contribution in [2.45, 2.75) is 65.5 Å². The van der Waals surface area contributed by atoms with Gasteiger partial charge >= 0.3 is 0 Å². The zero-order valence-electron chi connectivity index (χ0n) is 11.5. The van der Waals surface area contributed by atoms with Crippen LogP contribution in [0.1, 0.15) is 53.4 Å². The van der Waals surface area contributed by atoms with Gasteiger partial charge in [-0.1, -0.05) is 20.8 Å². The summed E-state index contributed by atoms with van der Waals surface area (Å²) < 4.78 is 0. The van der Waals surface area contributed by atoms with Crippen molar-refractivity contribution >= 4 is 11.7 Å². The minimum absolute atomic E-state index is 0.00601. The van der Waals surface area contributed by atoms with Crippen molar-refractivity contribution in [3.8, 4) is 0 Å². The topological polar surface area (TPSA) is 58.2 Å². The molecule has 4 heteroatoms. The lowest BCUT2D eigenvalue weighted by molar-refractivity contribution is -0.121. The summed E-state index contributed by atoms with van der Waals surface area (Å²) in [5.41, 5.74) is 0. The highest BCUT2D eigenvalue weighted by Crippen LogP contribution is 2.05. The Morgan fingerprint density at radius 2 is 1.82 bits per heavy atom. The van der Waals surface area contributed by atoms with E-state index in [9.17, 15) is 9.59 Å². The minimum Gasteiger partial charge on any atom is -0.356 e. The van der Waals surface area contributed by atoms with Gasteiger partial charge in [0.05, 0.1) is 6.04 Å². The maximum Gasteiger partial charge on any atom is 0.216 e. The van der Waals surface area contributed by atoms with E-state index < -0.39 is 0 Å². The molecule has 0 heterocycles. The van der Waals surface area contributed by atoms with Crippen LogP contribution >= 0.6 is 0 Å². The molecule has 0 saturated carbocycles. The predicted molar refractivity (Wildman–Crippen MR) is 69.9 cm³/mol. The average Bonchev–Trinajstić information content (AvgIpc) is 2.25. The Kier molecular flexibility index (Phi) is 8.68. The Morgan fingerprint density at radius 3 is 2.29 bits per heavy atom. The Bertz CT molecular complexity index is 240. The van der Waals surface area contributed by atoms with Crippen LogP contribution in [0.2, 0.25) is 0 Å². The number of carbonyl (C=O) groups is 2. The van der Waals surface area contributed by atoms with E-state index in [1.807, 2.05) is 20.8 Å². The molecule has 0 aliphatic heterocycles. The molecule has 0 aromatic rings. The van der Waals surface area contributed by atoms with Gasteiger partial charge in [-0.15, -0.1) is 0 Å². The standard InChI is InChI=1S/C13H26N2O2/c1-5-13(17)12(15-10(2)3)8-6-7-9-14-11(4)16/h10,12,15H,5-9H2,1-4H3,(H,14,16)/t12-/m0/s1. The van der Waals surface area contributed by atoms with Gasteiger partial charge in [0.25, 0.3) is 0 Å². The number of nitrogens with one attached hydrogen (secondary N) is 2. The van der Waals surface area contributed by atoms with Gasteiger partial charge in [-0.3, -0.25) is 9.59 Å². The molecule has 0 aromatic carbocycles. The molecule has 17 heavy (non-hydrogen) atoms. The van der Waals surface area contributed by atoms with E-state index in [0.29, 0.717) is 19.0 Å². The van der Waals surface area contributed by atoms with E-state index in [2.05, 4.69) is 10.6 Å². The highest BCUT2D eigenvalue weighted by atomic mass is 16.1. The van der Waals surface area contributed by atoms with Gasteiger partial charge in [-0.05, 0) is 19.3 Å². The first-order chi connectivity index (χ1) is 7.97. The highest BCUT2D eigenvalue weighted by Gasteiger charge is 2.16. The maximum atomic E-state index is 11.7. The molecule has 0 bridgehead atoms. The molecule has 100 valence electrons. The van der Waals surface area contributed by atoms with Crippen molar-refractivity contribution in [3.63, 3.8) is 0 Å². The second-order valence-corrected chi connectivity index (χ2v) is 4.67. The third-order valence-corrected chi connectivity index (χ3v) is 2.57. The van der Waals surface area contributed by atoms with Crippen LogP contribution in [-0.2, 0) is 9.59 Å². The zero-order valence-corrected chi connectivity index (χ0v) is 11.5. The SMILES string of the molecule is CCC(=O)[C@H](CCCCNC(C)=O)NC(C)C. The van der Waals surface area contributed by atoms with Gasteiger partial charge in [0.2, 0.25) is 5.91 Å². The monoisotopic (exact) mass is 242 g/mol. The second-order valence-electron chi connectivity index (χ2n) is 4.67.